The van der Waals surface area contributed by atoms with Crippen LogP contribution in [-0.2, 0) is 5.41 Å². The SMILES string of the molecule is CCCCCN1CC(C)(c2ccc3c(c2)OCO3)c2ccccc21. The Balaban J connectivity index is 1.69. The Hall–Kier alpha value is -2.16. The van der Waals surface area contributed by atoms with E-state index in [0.29, 0.717) is 6.79 Å². The Morgan fingerprint density at radius 3 is 2.75 bits per heavy atom. The molecule has 2 aliphatic heterocycles. The highest BCUT2D eigenvalue weighted by Crippen LogP contribution is 2.47. The Morgan fingerprint density at radius 1 is 1.04 bits per heavy atom. The van der Waals surface area contributed by atoms with E-state index in [1.807, 2.05) is 6.07 Å². The summed E-state index contributed by atoms with van der Waals surface area (Å²) in [4.78, 5) is 2.55. The van der Waals surface area contributed by atoms with Gasteiger partial charge in [-0.15, -0.1) is 0 Å². The van der Waals surface area contributed by atoms with Crippen LogP contribution in [0, 0.1) is 0 Å². The van der Waals surface area contributed by atoms with Crippen LogP contribution < -0.4 is 14.4 Å². The Morgan fingerprint density at radius 2 is 1.88 bits per heavy atom. The number of hydrogen-bond acceptors (Lipinski definition) is 3. The Bertz CT molecular complexity index is 742. The monoisotopic (exact) mass is 323 g/mol. The maximum atomic E-state index is 5.60. The summed E-state index contributed by atoms with van der Waals surface area (Å²) >= 11 is 0. The molecule has 2 heterocycles. The van der Waals surface area contributed by atoms with Gasteiger partial charge in [-0.3, -0.25) is 0 Å². The first-order valence-corrected chi connectivity index (χ1v) is 8.97. The summed E-state index contributed by atoms with van der Waals surface area (Å²) in [6, 6.07) is 15.2. The van der Waals surface area contributed by atoms with Crippen LogP contribution in [-0.4, -0.2) is 19.9 Å². The van der Waals surface area contributed by atoms with E-state index in [9.17, 15) is 0 Å². The molecule has 0 saturated carbocycles. The second-order valence-electron chi connectivity index (χ2n) is 7.05. The van der Waals surface area contributed by atoms with Gasteiger partial charge in [-0.25, -0.2) is 0 Å². The molecule has 0 amide bonds. The van der Waals surface area contributed by atoms with Gasteiger partial charge < -0.3 is 14.4 Å². The van der Waals surface area contributed by atoms with Crippen molar-refractivity contribution in [2.75, 3.05) is 24.8 Å². The van der Waals surface area contributed by atoms with Crippen molar-refractivity contribution in [2.45, 2.75) is 38.5 Å². The smallest absolute Gasteiger partial charge is 0.231 e. The molecule has 126 valence electrons. The van der Waals surface area contributed by atoms with Gasteiger partial charge in [0.25, 0.3) is 0 Å². The van der Waals surface area contributed by atoms with Gasteiger partial charge in [0.2, 0.25) is 6.79 Å². The van der Waals surface area contributed by atoms with Gasteiger partial charge in [0.15, 0.2) is 11.5 Å². The fourth-order valence-corrected chi connectivity index (χ4v) is 4.01. The molecule has 4 rings (SSSR count). The topological polar surface area (TPSA) is 21.7 Å². The van der Waals surface area contributed by atoms with Crippen LogP contribution in [0.1, 0.15) is 44.2 Å². The van der Waals surface area contributed by atoms with Gasteiger partial charge in [-0.1, -0.05) is 44.0 Å². The van der Waals surface area contributed by atoms with E-state index in [4.69, 9.17) is 9.47 Å². The maximum Gasteiger partial charge on any atom is 0.231 e. The van der Waals surface area contributed by atoms with Crippen molar-refractivity contribution in [1.82, 2.24) is 0 Å². The molecule has 1 atom stereocenters. The first kappa shape index (κ1) is 15.4. The zero-order valence-corrected chi connectivity index (χ0v) is 14.5. The molecule has 2 aromatic rings. The molecule has 3 nitrogen and oxygen atoms in total. The van der Waals surface area contributed by atoms with E-state index in [2.05, 4.69) is 55.1 Å². The lowest BCUT2D eigenvalue weighted by atomic mass is 9.78. The number of benzene rings is 2. The third kappa shape index (κ3) is 2.43. The fraction of sp³-hybridized carbons (Fsp3) is 0.429. The molecule has 0 aromatic heterocycles. The second-order valence-corrected chi connectivity index (χ2v) is 7.05. The molecule has 0 saturated heterocycles. The number of hydrogen-bond donors (Lipinski definition) is 0. The van der Waals surface area contributed by atoms with E-state index in [1.54, 1.807) is 0 Å². The average Bonchev–Trinajstić information content (AvgIpc) is 3.19. The van der Waals surface area contributed by atoms with Crippen molar-refractivity contribution in [2.24, 2.45) is 0 Å². The molecule has 3 heteroatoms. The third-order valence-corrected chi connectivity index (χ3v) is 5.39. The second kappa shape index (κ2) is 6.04. The highest BCUT2D eigenvalue weighted by Gasteiger charge is 2.40. The average molecular weight is 323 g/mol. The molecule has 0 spiro atoms. The maximum absolute atomic E-state index is 5.60. The zero-order chi connectivity index (χ0) is 16.6. The summed E-state index contributed by atoms with van der Waals surface area (Å²) in [6.07, 6.45) is 3.80. The summed E-state index contributed by atoms with van der Waals surface area (Å²) in [7, 11) is 0. The van der Waals surface area contributed by atoms with Crippen molar-refractivity contribution in [3.63, 3.8) is 0 Å². The largest absolute Gasteiger partial charge is 0.454 e. The molecule has 2 aliphatic rings. The molecule has 0 bridgehead atoms. The highest BCUT2D eigenvalue weighted by atomic mass is 16.7. The molecule has 0 N–H and O–H groups in total. The summed E-state index contributed by atoms with van der Waals surface area (Å²) in [6.45, 7) is 7.09. The number of unbranched alkanes of at least 4 members (excludes halogenated alkanes) is 2. The molecule has 1 unspecified atom stereocenters. The minimum absolute atomic E-state index is 0.0101. The van der Waals surface area contributed by atoms with Gasteiger partial charge in [0.05, 0.1) is 0 Å². The summed E-state index contributed by atoms with van der Waals surface area (Å²) in [5, 5.41) is 0. The molecule has 0 fully saturated rings. The van der Waals surface area contributed by atoms with Crippen LogP contribution in [0.3, 0.4) is 0 Å². The van der Waals surface area contributed by atoms with Gasteiger partial charge in [-0.2, -0.15) is 0 Å². The Kier molecular flexibility index (Phi) is 3.87. The van der Waals surface area contributed by atoms with Crippen LogP contribution in [0.25, 0.3) is 0 Å². The number of anilines is 1. The van der Waals surface area contributed by atoms with Crippen LogP contribution in [0.5, 0.6) is 11.5 Å². The predicted octanol–water partition coefficient (Wildman–Crippen LogP) is 4.73. The van der Waals surface area contributed by atoms with E-state index < -0.39 is 0 Å². The standard InChI is InChI=1S/C21H25NO2/c1-3-4-7-12-22-14-21(2,17-8-5-6-9-18(17)22)16-10-11-19-20(13-16)24-15-23-19/h5-6,8-11,13H,3-4,7,12,14-15H2,1-2H3. The fourth-order valence-electron chi connectivity index (χ4n) is 4.01. The molecular formula is C21H25NO2. The Labute approximate surface area is 144 Å². The van der Waals surface area contributed by atoms with Crippen LogP contribution in [0.2, 0.25) is 0 Å². The summed E-state index contributed by atoms with van der Waals surface area (Å²) in [5.74, 6) is 1.73. The van der Waals surface area contributed by atoms with E-state index >= 15 is 0 Å². The lowest BCUT2D eigenvalue weighted by Gasteiger charge is -2.27. The lowest BCUT2D eigenvalue weighted by Crippen LogP contribution is -2.32. The molecule has 2 aromatic carbocycles. The van der Waals surface area contributed by atoms with Gasteiger partial charge in [0.1, 0.15) is 0 Å². The molecule has 0 aliphatic carbocycles. The lowest BCUT2D eigenvalue weighted by molar-refractivity contribution is 0.174. The van der Waals surface area contributed by atoms with Gasteiger partial charge in [-0.05, 0) is 42.7 Å². The minimum Gasteiger partial charge on any atom is -0.454 e. The molecular weight excluding hydrogens is 298 g/mol. The summed E-state index contributed by atoms with van der Waals surface area (Å²) < 4.78 is 11.1. The van der Waals surface area contributed by atoms with Crippen molar-refractivity contribution < 1.29 is 9.47 Å². The van der Waals surface area contributed by atoms with E-state index in [-0.39, 0.29) is 5.41 Å². The van der Waals surface area contributed by atoms with Gasteiger partial charge >= 0.3 is 0 Å². The predicted molar refractivity (Wildman–Crippen MR) is 97.2 cm³/mol. The summed E-state index contributed by atoms with van der Waals surface area (Å²) in [5.41, 5.74) is 4.09. The van der Waals surface area contributed by atoms with E-state index in [1.165, 1.54) is 36.1 Å². The number of fused-ring (bicyclic) bond motifs is 2. The van der Waals surface area contributed by atoms with Gasteiger partial charge in [0, 0.05) is 24.2 Å². The molecule has 24 heavy (non-hydrogen) atoms. The van der Waals surface area contributed by atoms with Crippen LogP contribution >= 0.6 is 0 Å². The van der Waals surface area contributed by atoms with Crippen LogP contribution in [0.4, 0.5) is 5.69 Å². The molecule has 0 radical (unpaired) electrons. The quantitative estimate of drug-likeness (QED) is 0.742. The number of nitrogens with zero attached hydrogens (tertiary/aromatic N) is 1. The normalized spacial score (nSPS) is 21.2. The third-order valence-electron chi connectivity index (χ3n) is 5.39. The number of rotatable bonds is 5. The first-order chi connectivity index (χ1) is 11.7. The van der Waals surface area contributed by atoms with Crippen molar-refractivity contribution in [3.8, 4) is 11.5 Å². The van der Waals surface area contributed by atoms with Crippen molar-refractivity contribution in [3.05, 3.63) is 53.6 Å². The van der Waals surface area contributed by atoms with Crippen molar-refractivity contribution >= 4 is 5.69 Å². The van der Waals surface area contributed by atoms with Crippen LogP contribution in [0.15, 0.2) is 42.5 Å². The van der Waals surface area contributed by atoms with E-state index in [0.717, 1.165) is 24.6 Å². The minimum atomic E-state index is -0.0101. The number of ether oxygens (including phenoxy) is 2. The highest BCUT2D eigenvalue weighted by molar-refractivity contribution is 5.66. The zero-order valence-electron chi connectivity index (χ0n) is 14.5. The van der Waals surface area contributed by atoms with Crippen molar-refractivity contribution in [1.29, 1.82) is 0 Å². The number of para-hydroxylation sites is 1. The first-order valence-electron chi connectivity index (χ1n) is 8.97.